The van der Waals surface area contributed by atoms with E-state index in [4.69, 9.17) is 0 Å². The Morgan fingerprint density at radius 1 is 0.146 bits per heavy atom. The molecular weight excluding hydrogens is 993 g/mol. The molecule has 0 radical (unpaired) electrons. The molecule has 0 aliphatic rings. The van der Waals surface area contributed by atoms with E-state index in [1.165, 1.54) is 132 Å². The summed E-state index contributed by atoms with van der Waals surface area (Å²) in [7, 11) is 0. The minimum atomic E-state index is 1.14. The topological polar surface area (TPSA) is 19.7 Å². The van der Waals surface area contributed by atoms with E-state index in [-0.39, 0.29) is 0 Å². The van der Waals surface area contributed by atoms with Gasteiger partial charge in [0.25, 0.3) is 0 Å². The minimum Gasteiger partial charge on any atom is -0.309 e. The van der Waals surface area contributed by atoms with Crippen molar-refractivity contribution in [1.29, 1.82) is 0 Å². The molecule has 0 bridgehead atoms. The maximum Gasteiger partial charge on any atom is 0.0541 e. The average Bonchev–Trinajstić information content (AvgIpc) is 4.48. The minimum absolute atomic E-state index is 1.14. The fraction of sp³-hybridized carbons (Fsp3) is 0. The number of hydrogen-bond acceptors (Lipinski definition) is 0. The zero-order valence-electron chi connectivity index (χ0n) is 44.7. The Labute approximate surface area is 473 Å². The first-order valence-corrected chi connectivity index (χ1v) is 28.2. The molecule has 382 valence electrons. The summed E-state index contributed by atoms with van der Waals surface area (Å²) in [4.78, 5) is 0. The third kappa shape index (κ3) is 7.11. The van der Waals surface area contributed by atoms with Crippen molar-refractivity contribution in [2.45, 2.75) is 0 Å². The van der Waals surface area contributed by atoms with E-state index in [1.54, 1.807) is 0 Å². The van der Waals surface area contributed by atoms with Crippen molar-refractivity contribution in [2.75, 3.05) is 0 Å². The fourth-order valence-electron chi connectivity index (χ4n) is 13.5. The Bertz CT molecular complexity index is 5030. The van der Waals surface area contributed by atoms with Crippen molar-refractivity contribution in [1.82, 2.24) is 18.3 Å². The van der Waals surface area contributed by atoms with E-state index in [0.717, 1.165) is 22.7 Å². The molecule has 0 amide bonds. The molecule has 82 heavy (non-hydrogen) atoms. The van der Waals surface area contributed by atoms with Gasteiger partial charge in [0.2, 0.25) is 0 Å². The van der Waals surface area contributed by atoms with Crippen LogP contribution in [0.2, 0.25) is 0 Å². The molecule has 4 heterocycles. The summed E-state index contributed by atoms with van der Waals surface area (Å²) < 4.78 is 9.62. The summed E-state index contributed by atoms with van der Waals surface area (Å²) in [5, 5.41) is 9.84. The number of fused-ring (bicyclic) bond motifs is 12. The Morgan fingerprint density at radius 2 is 0.354 bits per heavy atom. The first kappa shape index (κ1) is 46.0. The maximum absolute atomic E-state index is 2.43. The molecule has 17 aromatic rings. The van der Waals surface area contributed by atoms with Crippen LogP contribution < -0.4 is 0 Å². The van der Waals surface area contributed by atoms with Crippen molar-refractivity contribution in [3.8, 4) is 67.3 Å². The van der Waals surface area contributed by atoms with Crippen molar-refractivity contribution in [2.24, 2.45) is 0 Å². The molecule has 0 aliphatic heterocycles. The van der Waals surface area contributed by atoms with E-state index in [1.807, 2.05) is 0 Å². The molecule has 17 rings (SSSR count). The Hall–Kier alpha value is -10.9. The zero-order valence-corrected chi connectivity index (χ0v) is 44.7. The number of rotatable bonds is 8. The summed E-state index contributed by atoms with van der Waals surface area (Å²) in [6, 6.07) is 112. The maximum atomic E-state index is 2.43. The van der Waals surface area contributed by atoms with E-state index in [9.17, 15) is 0 Å². The van der Waals surface area contributed by atoms with Gasteiger partial charge in [0.1, 0.15) is 0 Å². The van der Waals surface area contributed by atoms with E-state index in [2.05, 4.69) is 322 Å². The van der Waals surface area contributed by atoms with Crippen molar-refractivity contribution in [3.05, 3.63) is 303 Å². The summed E-state index contributed by atoms with van der Waals surface area (Å²) in [6.07, 6.45) is 0. The number of para-hydroxylation sites is 6. The molecule has 0 atom stereocenters. The quantitative estimate of drug-likeness (QED) is 0.145. The molecular formula is C78H50N4. The average molecular weight is 1040 g/mol. The number of nitrogens with zero attached hydrogens (tertiary/aromatic N) is 4. The molecule has 13 aromatic carbocycles. The molecule has 0 fully saturated rings. The van der Waals surface area contributed by atoms with Gasteiger partial charge in [-0.05, 0) is 178 Å². The highest BCUT2D eigenvalue weighted by Gasteiger charge is 2.21. The SMILES string of the molecule is c1ccc(-n2c3ccccc3c3cc(-c4ccc5c(c4)c4cc(-c6ccccc6-c6ccc7c(c6)c6cc(-c8ccc9c(c8)c8ccccc8n9-c8ccccc8)ccc6n7-c6ccccc6)ccc4n5-c4ccccc4)ccc32)cc1. The van der Waals surface area contributed by atoms with Crippen LogP contribution in [0.1, 0.15) is 0 Å². The van der Waals surface area contributed by atoms with Crippen LogP contribution in [-0.4, -0.2) is 18.3 Å². The molecule has 4 nitrogen and oxygen atoms in total. The van der Waals surface area contributed by atoms with Gasteiger partial charge in [0.15, 0.2) is 0 Å². The van der Waals surface area contributed by atoms with E-state index in [0.29, 0.717) is 0 Å². The number of benzene rings is 13. The lowest BCUT2D eigenvalue weighted by atomic mass is 9.92. The van der Waals surface area contributed by atoms with Gasteiger partial charge in [-0.2, -0.15) is 0 Å². The van der Waals surface area contributed by atoms with Crippen LogP contribution in [0.15, 0.2) is 303 Å². The number of aromatic nitrogens is 4. The smallest absolute Gasteiger partial charge is 0.0541 e. The monoisotopic (exact) mass is 1040 g/mol. The van der Waals surface area contributed by atoms with Gasteiger partial charge in [-0.15, -0.1) is 0 Å². The van der Waals surface area contributed by atoms with Gasteiger partial charge < -0.3 is 18.3 Å². The van der Waals surface area contributed by atoms with Crippen LogP contribution in [0.5, 0.6) is 0 Å². The predicted octanol–water partition coefficient (Wildman–Crippen LogP) is 20.7. The van der Waals surface area contributed by atoms with Crippen LogP contribution in [0.4, 0.5) is 0 Å². The van der Waals surface area contributed by atoms with Crippen LogP contribution in [0, 0.1) is 0 Å². The van der Waals surface area contributed by atoms with Gasteiger partial charge >= 0.3 is 0 Å². The van der Waals surface area contributed by atoms with Crippen LogP contribution in [-0.2, 0) is 0 Å². The Kier molecular flexibility index (Phi) is 10.3. The van der Waals surface area contributed by atoms with Gasteiger partial charge in [-0.3, -0.25) is 0 Å². The fourth-order valence-corrected chi connectivity index (χ4v) is 13.5. The molecule has 4 heteroatoms. The third-order valence-corrected chi connectivity index (χ3v) is 17.1. The largest absolute Gasteiger partial charge is 0.309 e. The lowest BCUT2D eigenvalue weighted by Crippen LogP contribution is -1.93. The van der Waals surface area contributed by atoms with Crippen LogP contribution >= 0.6 is 0 Å². The normalized spacial score (nSPS) is 11.9. The standard InChI is InChI=1S/C78H50N4/c1-5-19-57(20-6-1)79-71-31-17-15-29-63(71)65-45-51(33-39-73(65)79)53-35-41-75-67(47-53)69-49-55(37-43-77(69)81(75)59-23-9-3-10-24-59)61-27-13-14-28-62(61)56-38-44-78-70(50-56)68-48-54(36-42-76(68)82(78)60-25-11-4-12-26-60)52-34-40-74-66(46-52)64-30-16-18-32-72(64)80(74)58-21-7-2-8-22-58/h1-50H. The highest BCUT2D eigenvalue weighted by molar-refractivity contribution is 6.16. The number of hydrogen-bond donors (Lipinski definition) is 0. The summed E-state index contributed by atoms with van der Waals surface area (Å²) in [5.74, 6) is 0. The summed E-state index contributed by atoms with van der Waals surface area (Å²) >= 11 is 0. The van der Waals surface area contributed by atoms with Crippen molar-refractivity contribution < 1.29 is 0 Å². The lowest BCUT2D eigenvalue weighted by molar-refractivity contribution is 1.18. The first-order chi connectivity index (χ1) is 40.7. The van der Waals surface area contributed by atoms with Crippen molar-refractivity contribution in [3.63, 3.8) is 0 Å². The highest BCUT2D eigenvalue weighted by atomic mass is 15.0. The van der Waals surface area contributed by atoms with Crippen molar-refractivity contribution >= 4 is 87.2 Å². The highest BCUT2D eigenvalue weighted by Crippen LogP contribution is 2.44. The predicted molar refractivity (Wildman–Crippen MR) is 346 cm³/mol. The molecule has 0 spiro atoms. The van der Waals surface area contributed by atoms with Crippen LogP contribution in [0.3, 0.4) is 0 Å². The second-order valence-electron chi connectivity index (χ2n) is 21.7. The molecule has 0 saturated heterocycles. The van der Waals surface area contributed by atoms with Gasteiger partial charge in [0.05, 0.1) is 44.1 Å². The molecule has 0 unspecified atom stereocenters. The lowest BCUT2D eigenvalue weighted by Gasteiger charge is -2.12. The summed E-state index contributed by atoms with van der Waals surface area (Å²) in [6.45, 7) is 0. The Balaban J connectivity index is 0.814. The molecule has 4 aromatic heterocycles. The molecule has 0 aliphatic carbocycles. The second-order valence-corrected chi connectivity index (χ2v) is 21.7. The Morgan fingerprint density at radius 3 is 0.646 bits per heavy atom. The third-order valence-electron chi connectivity index (χ3n) is 17.1. The molecule has 0 N–H and O–H groups in total. The van der Waals surface area contributed by atoms with Gasteiger partial charge in [-0.1, -0.05) is 170 Å². The second kappa shape index (κ2) is 18.3. The molecule has 0 saturated carbocycles. The zero-order chi connectivity index (χ0) is 53.8. The summed E-state index contributed by atoms with van der Waals surface area (Å²) in [5.41, 5.74) is 23.6. The van der Waals surface area contributed by atoms with Crippen LogP contribution in [0.25, 0.3) is 154 Å². The van der Waals surface area contributed by atoms with E-state index < -0.39 is 0 Å². The van der Waals surface area contributed by atoms with E-state index >= 15 is 0 Å². The van der Waals surface area contributed by atoms with Gasteiger partial charge in [-0.25, -0.2) is 0 Å². The first-order valence-electron chi connectivity index (χ1n) is 28.2. The van der Waals surface area contributed by atoms with Gasteiger partial charge in [0, 0.05) is 65.8 Å².